The molecule has 3 saturated heterocycles. The number of hydrogen-bond donors (Lipinski definition) is 1. The Morgan fingerprint density at radius 3 is 2.55 bits per heavy atom. The Labute approximate surface area is 185 Å². The summed E-state index contributed by atoms with van der Waals surface area (Å²) in [6, 6.07) is 0.616. The van der Waals surface area contributed by atoms with Crippen LogP contribution < -0.4 is 5.32 Å². The molecule has 10 heteroatoms. The number of aromatic nitrogens is 3. The second kappa shape index (κ2) is 10.9. The molecule has 4 heterocycles. The van der Waals surface area contributed by atoms with Gasteiger partial charge in [0.05, 0.1) is 24.4 Å². The summed E-state index contributed by atoms with van der Waals surface area (Å²) in [6.45, 7) is 9.87. The summed E-state index contributed by atoms with van der Waals surface area (Å²) in [5.74, 6) is 0.0343. The van der Waals surface area contributed by atoms with Crippen molar-refractivity contribution in [3.05, 3.63) is 11.9 Å². The number of hydrogen-bond acceptors (Lipinski definition) is 6. The molecule has 29 heavy (non-hydrogen) atoms. The van der Waals surface area contributed by atoms with Crippen molar-refractivity contribution >= 4 is 30.7 Å². The molecule has 1 N–H and O–H groups in total. The first-order chi connectivity index (χ1) is 13.1. The van der Waals surface area contributed by atoms with Crippen LogP contribution in [0.15, 0.2) is 6.20 Å². The van der Waals surface area contributed by atoms with Crippen molar-refractivity contribution < 1.29 is 9.53 Å². The van der Waals surface area contributed by atoms with Gasteiger partial charge in [0.25, 0.3) is 5.91 Å². The molecular formula is C19H34Cl2N6O2. The normalized spacial score (nSPS) is 28.6. The molecule has 1 aromatic heterocycles. The first-order valence-corrected chi connectivity index (χ1v) is 10.4. The smallest absolute Gasteiger partial charge is 0.276 e. The maximum Gasteiger partial charge on any atom is 0.276 e. The zero-order chi connectivity index (χ0) is 18.8. The lowest BCUT2D eigenvalue weighted by atomic mass is 10.1. The quantitative estimate of drug-likeness (QED) is 0.755. The van der Waals surface area contributed by atoms with Crippen LogP contribution in [0.2, 0.25) is 0 Å². The number of carbonyl (C=O) groups excluding carboxylic acids is 1. The minimum absolute atomic E-state index is 0. The molecule has 0 spiro atoms. The van der Waals surface area contributed by atoms with Gasteiger partial charge in [-0.2, -0.15) is 0 Å². The predicted octanol–water partition coefficient (Wildman–Crippen LogP) is 1.76. The van der Waals surface area contributed by atoms with Crippen LogP contribution >= 0.6 is 24.8 Å². The van der Waals surface area contributed by atoms with Crippen LogP contribution in [0.5, 0.6) is 0 Å². The number of piperidine rings is 1. The fraction of sp³-hybridized carbons (Fsp3) is 0.842. The Kier molecular flexibility index (Phi) is 9.15. The average molecular weight is 449 g/mol. The van der Waals surface area contributed by atoms with Crippen molar-refractivity contribution in [1.29, 1.82) is 0 Å². The third-order valence-corrected chi connectivity index (χ3v) is 6.01. The van der Waals surface area contributed by atoms with Gasteiger partial charge in [0, 0.05) is 32.2 Å². The Morgan fingerprint density at radius 1 is 1.17 bits per heavy atom. The number of likely N-dealkylation sites (tertiary alicyclic amines) is 1. The van der Waals surface area contributed by atoms with E-state index in [1.807, 2.05) is 15.8 Å². The van der Waals surface area contributed by atoms with Gasteiger partial charge in [-0.05, 0) is 52.6 Å². The molecule has 3 aliphatic rings. The summed E-state index contributed by atoms with van der Waals surface area (Å²) < 4.78 is 7.73. The van der Waals surface area contributed by atoms with Gasteiger partial charge >= 0.3 is 0 Å². The molecule has 1 amide bonds. The van der Waals surface area contributed by atoms with E-state index in [2.05, 4.69) is 34.4 Å². The van der Waals surface area contributed by atoms with Gasteiger partial charge in [-0.25, -0.2) is 4.68 Å². The standard InChI is InChI=1S/C19H32N6O2.2ClH/c1-14-10-23(11-15(2)27-14)12-17-4-3-9-24(17)19(26)18-13-25(22-21-18)16-5-7-20-8-6-16;;/h13-17,20H,3-12H2,1-2H3;2*1H. The topological polar surface area (TPSA) is 75.5 Å². The number of ether oxygens (including phenoxy) is 1. The number of amides is 1. The lowest BCUT2D eigenvalue weighted by Gasteiger charge is -2.38. The Morgan fingerprint density at radius 2 is 1.86 bits per heavy atom. The highest BCUT2D eigenvalue weighted by molar-refractivity contribution is 5.92. The summed E-state index contributed by atoms with van der Waals surface area (Å²) >= 11 is 0. The van der Waals surface area contributed by atoms with Crippen molar-refractivity contribution in [2.24, 2.45) is 0 Å². The number of rotatable bonds is 4. The Bertz CT molecular complexity index is 644. The van der Waals surface area contributed by atoms with Crippen LogP contribution in [0.1, 0.15) is 56.1 Å². The average Bonchev–Trinajstić information content (AvgIpc) is 3.31. The molecular weight excluding hydrogens is 415 g/mol. The molecule has 3 fully saturated rings. The van der Waals surface area contributed by atoms with E-state index < -0.39 is 0 Å². The molecule has 0 saturated carbocycles. The molecule has 0 aliphatic carbocycles. The number of carbonyl (C=O) groups is 1. The minimum atomic E-state index is 0. The van der Waals surface area contributed by atoms with Crippen molar-refractivity contribution in [2.75, 3.05) is 39.3 Å². The van der Waals surface area contributed by atoms with E-state index in [1.165, 1.54) is 0 Å². The maximum absolute atomic E-state index is 13.1. The molecule has 4 rings (SSSR count). The van der Waals surface area contributed by atoms with E-state index in [1.54, 1.807) is 0 Å². The Hall–Kier alpha value is -0.930. The van der Waals surface area contributed by atoms with Crippen LogP contribution in [0.25, 0.3) is 0 Å². The van der Waals surface area contributed by atoms with Gasteiger partial charge in [-0.3, -0.25) is 9.69 Å². The minimum Gasteiger partial charge on any atom is -0.373 e. The molecule has 166 valence electrons. The van der Waals surface area contributed by atoms with E-state index in [0.717, 1.165) is 65.0 Å². The number of morpholine rings is 1. The van der Waals surface area contributed by atoms with Crippen molar-refractivity contribution in [1.82, 2.24) is 30.1 Å². The highest BCUT2D eigenvalue weighted by Gasteiger charge is 2.34. The van der Waals surface area contributed by atoms with Crippen LogP contribution in [-0.4, -0.2) is 88.2 Å². The lowest BCUT2D eigenvalue weighted by Crippen LogP contribution is -2.51. The van der Waals surface area contributed by atoms with Crippen molar-refractivity contribution in [2.45, 2.75) is 63.8 Å². The highest BCUT2D eigenvalue weighted by atomic mass is 35.5. The third-order valence-electron chi connectivity index (χ3n) is 6.01. The SMILES string of the molecule is CC1CN(CC2CCCN2C(=O)c2cn(C3CCNCC3)nn2)CC(C)O1.Cl.Cl. The fourth-order valence-corrected chi connectivity index (χ4v) is 4.80. The van der Waals surface area contributed by atoms with Gasteiger partial charge in [-0.15, -0.1) is 29.9 Å². The molecule has 8 nitrogen and oxygen atoms in total. The van der Waals surface area contributed by atoms with Crippen LogP contribution in [0.3, 0.4) is 0 Å². The molecule has 3 aliphatic heterocycles. The molecule has 3 atom stereocenters. The predicted molar refractivity (Wildman–Crippen MR) is 116 cm³/mol. The van der Waals surface area contributed by atoms with E-state index >= 15 is 0 Å². The first-order valence-electron chi connectivity index (χ1n) is 10.4. The van der Waals surface area contributed by atoms with Gasteiger partial charge in [0.15, 0.2) is 5.69 Å². The largest absolute Gasteiger partial charge is 0.373 e. The van der Waals surface area contributed by atoms with E-state index in [4.69, 9.17) is 4.74 Å². The fourth-order valence-electron chi connectivity index (χ4n) is 4.80. The summed E-state index contributed by atoms with van der Waals surface area (Å²) in [5.41, 5.74) is 0.490. The summed E-state index contributed by atoms with van der Waals surface area (Å²) in [7, 11) is 0. The zero-order valence-electron chi connectivity index (χ0n) is 17.3. The van der Waals surface area contributed by atoms with Crippen molar-refractivity contribution in [3.63, 3.8) is 0 Å². The molecule has 0 aromatic carbocycles. The highest BCUT2D eigenvalue weighted by Crippen LogP contribution is 2.23. The van der Waals surface area contributed by atoms with Gasteiger partial charge < -0.3 is 15.0 Å². The summed E-state index contributed by atoms with van der Waals surface area (Å²) in [6.07, 6.45) is 6.57. The summed E-state index contributed by atoms with van der Waals surface area (Å²) in [5, 5.41) is 11.8. The summed E-state index contributed by atoms with van der Waals surface area (Å²) in [4.78, 5) is 17.5. The Balaban J connectivity index is 0.00000150. The molecule has 0 radical (unpaired) electrons. The van der Waals surface area contributed by atoms with Gasteiger partial charge in [0.2, 0.25) is 0 Å². The monoisotopic (exact) mass is 448 g/mol. The maximum atomic E-state index is 13.1. The molecule has 3 unspecified atom stereocenters. The van der Waals surface area contributed by atoms with Crippen LogP contribution in [-0.2, 0) is 4.74 Å². The van der Waals surface area contributed by atoms with Gasteiger partial charge in [-0.1, -0.05) is 5.21 Å². The molecule has 0 bridgehead atoms. The van der Waals surface area contributed by atoms with Gasteiger partial charge in [0.1, 0.15) is 0 Å². The second-order valence-corrected chi connectivity index (χ2v) is 8.34. The van der Waals surface area contributed by atoms with Crippen molar-refractivity contribution in [3.8, 4) is 0 Å². The zero-order valence-corrected chi connectivity index (χ0v) is 19.0. The van der Waals surface area contributed by atoms with E-state index in [9.17, 15) is 4.79 Å². The van der Waals surface area contributed by atoms with E-state index in [-0.39, 0.29) is 49.0 Å². The number of nitrogens with zero attached hydrogens (tertiary/aromatic N) is 5. The van der Waals surface area contributed by atoms with Crippen LogP contribution in [0, 0.1) is 0 Å². The van der Waals surface area contributed by atoms with E-state index in [0.29, 0.717) is 11.7 Å². The third kappa shape index (κ3) is 5.82. The lowest BCUT2D eigenvalue weighted by molar-refractivity contribution is -0.0715. The number of halogens is 2. The number of nitrogens with one attached hydrogen (secondary N) is 1. The second-order valence-electron chi connectivity index (χ2n) is 8.34. The molecule has 1 aromatic rings. The first kappa shape index (κ1) is 24.3. The van der Waals surface area contributed by atoms with Crippen LogP contribution in [0.4, 0.5) is 0 Å².